The molecule has 114 valence electrons. The van der Waals surface area contributed by atoms with Crippen LogP contribution in [0, 0.1) is 0 Å². The van der Waals surface area contributed by atoms with Crippen molar-refractivity contribution in [2.75, 3.05) is 0 Å². The maximum atomic E-state index is 11.3. The standard InChI is InChI=1S/C21H18O2/c22-15-20-14-18(11-16-7-3-1-4-8-16)13-19(21(20)23)12-17-9-5-2-6-10-17/h1-10,13-15,23H,11-12H2. The van der Waals surface area contributed by atoms with E-state index in [9.17, 15) is 9.90 Å². The summed E-state index contributed by atoms with van der Waals surface area (Å²) in [6.07, 6.45) is 2.07. The molecule has 0 aromatic heterocycles. The number of phenols is 1. The van der Waals surface area contributed by atoms with Crippen LogP contribution in [0.25, 0.3) is 0 Å². The highest BCUT2D eigenvalue weighted by Gasteiger charge is 2.11. The van der Waals surface area contributed by atoms with Crippen LogP contribution in [0.3, 0.4) is 0 Å². The molecule has 0 saturated heterocycles. The molecule has 0 atom stereocenters. The van der Waals surface area contributed by atoms with Gasteiger partial charge >= 0.3 is 0 Å². The predicted molar refractivity (Wildman–Crippen MR) is 92.0 cm³/mol. The second-order valence-corrected chi connectivity index (χ2v) is 5.64. The Bertz CT molecular complexity index is 793. The van der Waals surface area contributed by atoms with Gasteiger partial charge in [-0.2, -0.15) is 0 Å². The minimum atomic E-state index is 0.0839. The fourth-order valence-electron chi connectivity index (χ4n) is 2.76. The first-order chi connectivity index (χ1) is 11.3. The van der Waals surface area contributed by atoms with Crippen molar-refractivity contribution in [1.82, 2.24) is 0 Å². The molecule has 0 bridgehead atoms. The summed E-state index contributed by atoms with van der Waals surface area (Å²) >= 11 is 0. The van der Waals surface area contributed by atoms with Crippen LogP contribution in [0.4, 0.5) is 0 Å². The third-order valence-electron chi connectivity index (χ3n) is 3.89. The van der Waals surface area contributed by atoms with E-state index in [1.807, 2.05) is 54.6 Å². The molecule has 3 rings (SSSR count). The van der Waals surface area contributed by atoms with Crippen molar-refractivity contribution < 1.29 is 9.90 Å². The molecular formula is C21H18O2. The van der Waals surface area contributed by atoms with Gasteiger partial charge in [0.2, 0.25) is 0 Å². The molecule has 3 aromatic carbocycles. The zero-order valence-electron chi connectivity index (χ0n) is 12.8. The Labute approximate surface area is 136 Å². The lowest BCUT2D eigenvalue weighted by molar-refractivity contribution is 0.112. The number of aldehydes is 1. The smallest absolute Gasteiger partial charge is 0.153 e. The molecule has 0 aliphatic rings. The van der Waals surface area contributed by atoms with Gasteiger partial charge in [0, 0.05) is 6.42 Å². The molecule has 0 spiro atoms. The number of phenolic OH excluding ortho intramolecular Hbond substituents is 1. The van der Waals surface area contributed by atoms with Crippen molar-refractivity contribution in [3.05, 3.63) is 101 Å². The van der Waals surface area contributed by atoms with Gasteiger partial charge in [-0.3, -0.25) is 4.79 Å². The molecular weight excluding hydrogens is 284 g/mol. The second kappa shape index (κ2) is 6.93. The minimum Gasteiger partial charge on any atom is -0.507 e. The van der Waals surface area contributed by atoms with Crippen LogP contribution in [-0.4, -0.2) is 11.4 Å². The number of hydrogen-bond acceptors (Lipinski definition) is 2. The maximum Gasteiger partial charge on any atom is 0.153 e. The molecule has 0 saturated carbocycles. The molecule has 3 aromatic rings. The third kappa shape index (κ3) is 3.67. The summed E-state index contributed by atoms with van der Waals surface area (Å²) in [4.78, 5) is 11.3. The molecule has 0 fully saturated rings. The van der Waals surface area contributed by atoms with Gasteiger partial charge in [-0.05, 0) is 34.7 Å². The molecule has 0 heterocycles. The number of benzene rings is 3. The highest BCUT2D eigenvalue weighted by atomic mass is 16.3. The average molecular weight is 302 g/mol. The Hall–Kier alpha value is -2.87. The summed E-state index contributed by atoms with van der Waals surface area (Å²) in [6, 6.07) is 23.8. The number of carbonyl (C=O) groups excluding carboxylic acids is 1. The van der Waals surface area contributed by atoms with Crippen LogP contribution in [0.2, 0.25) is 0 Å². The zero-order chi connectivity index (χ0) is 16.1. The van der Waals surface area contributed by atoms with Crippen molar-refractivity contribution in [3.8, 4) is 5.75 Å². The molecule has 0 aliphatic heterocycles. The van der Waals surface area contributed by atoms with Crippen LogP contribution in [0.15, 0.2) is 72.8 Å². The number of rotatable bonds is 5. The summed E-state index contributed by atoms with van der Waals surface area (Å²) in [7, 11) is 0. The third-order valence-corrected chi connectivity index (χ3v) is 3.89. The lowest BCUT2D eigenvalue weighted by Gasteiger charge is -2.11. The normalized spacial score (nSPS) is 10.4. The highest BCUT2D eigenvalue weighted by molar-refractivity contribution is 5.80. The van der Waals surface area contributed by atoms with Crippen molar-refractivity contribution in [2.45, 2.75) is 12.8 Å². The monoisotopic (exact) mass is 302 g/mol. The Morgan fingerprint density at radius 2 is 1.30 bits per heavy atom. The van der Waals surface area contributed by atoms with E-state index in [2.05, 4.69) is 12.1 Å². The fourth-order valence-corrected chi connectivity index (χ4v) is 2.76. The Kier molecular flexibility index (Phi) is 4.53. The largest absolute Gasteiger partial charge is 0.507 e. The van der Waals surface area contributed by atoms with Crippen LogP contribution in [0.5, 0.6) is 5.75 Å². The Morgan fingerprint density at radius 1 is 0.739 bits per heavy atom. The summed E-state index contributed by atoms with van der Waals surface area (Å²) in [6.45, 7) is 0. The lowest BCUT2D eigenvalue weighted by Crippen LogP contribution is -1.97. The van der Waals surface area contributed by atoms with E-state index in [1.165, 1.54) is 5.56 Å². The van der Waals surface area contributed by atoms with Gasteiger partial charge in [-0.15, -0.1) is 0 Å². The maximum absolute atomic E-state index is 11.3. The SMILES string of the molecule is O=Cc1cc(Cc2ccccc2)cc(Cc2ccccc2)c1O. The molecule has 23 heavy (non-hydrogen) atoms. The highest BCUT2D eigenvalue weighted by Crippen LogP contribution is 2.27. The number of aromatic hydroxyl groups is 1. The van der Waals surface area contributed by atoms with Crippen LogP contribution in [0.1, 0.15) is 32.6 Å². The van der Waals surface area contributed by atoms with E-state index in [1.54, 1.807) is 6.07 Å². The molecule has 0 amide bonds. The molecule has 0 unspecified atom stereocenters. The van der Waals surface area contributed by atoms with E-state index < -0.39 is 0 Å². The topological polar surface area (TPSA) is 37.3 Å². The molecule has 2 heteroatoms. The summed E-state index contributed by atoms with van der Waals surface area (Å²) < 4.78 is 0. The van der Waals surface area contributed by atoms with E-state index in [4.69, 9.17) is 0 Å². The number of hydrogen-bond donors (Lipinski definition) is 1. The van der Waals surface area contributed by atoms with Crippen LogP contribution < -0.4 is 0 Å². The van der Waals surface area contributed by atoms with Gasteiger partial charge in [0.15, 0.2) is 6.29 Å². The minimum absolute atomic E-state index is 0.0839. The fraction of sp³-hybridized carbons (Fsp3) is 0.0952. The van der Waals surface area contributed by atoms with E-state index >= 15 is 0 Å². The van der Waals surface area contributed by atoms with Gasteiger partial charge in [-0.25, -0.2) is 0 Å². The first-order valence-electron chi connectivity index (χ1n) is 7.64. The van der Waals surface area contributed by atoms with Gasteiger partial charge in [0.1, 0.15) is 5.75 Å². The van der Waals surface area contributed by atoms with Gasteiger partial charge in [0.25, 0.3) is 0 Å². The summed E-state index contributed by atoms with van der Waals surface area (Å²) in [5.74, 6) is 0.0839. The Morgan fingerprint density at radius 3 is 1.87 bits per heavy atom. The average Bonchev–Trinajstić information content (AvgIpc) is 2.59. The molecule has 0 radical (unpaired) electrons. The van der Waals surface area contributed by atoms with Crippen molar-refractivity contribution >= 4 is 6.29 Å². The second-order valence-electron chi connectivity index (χ2n) is 5.64. The van der Waals surface area contributed by atoms with Crippen molar-refractivity contribution in [3.63, 3.8) is 0 Å². The van der Waals surface area contributed by atoms with Crippen molar-refractivity contribution in [1.29, 1.82) is 0 Å². The van der Waals surface area contributed by atoms with Gasteiger partial charge in [0.05, 0.1) is 5.56 Å². The lowest BCUT2D eigenvalue weighted by atomic mass is 9.95. The van der Waals surface area contributed by atoms with E-state index in [-0.39, 0.29) is 5.75 Å². The quantitative estimate of drug-likeness (QED) is 0.710. The van der Waals surface area contributed by atoms with Crippen molar-refractivity contribution in [2.24, 2.45) is 0 Å². The van der Waals surface area contributed by atoms with Crippen LogP contribution >= 0.6 is 0 Å². The first-order valence-corrected chi connectivity index (χ1v) is 7.64. The number of carbonyl (C=O) groups is 1. The van der Waals surface area contributed by atoms with E-state index in [0.29, 0.717) is 12.0 Å². The summed E-state index contributed by atoms with van der Waals surface area (Å²) in [5, 5.41) is 10.3. The van der Waals surface area contributed by atoms with E-state index in [0.717, 1.165) is 29.4 Å². The zero-order valence-corrected chi connectivity index (χ0v) is 12.8. The van der Waals surface area contributed by atoms with Gasteiger partial charge in [-0.1, -0.05) is 66.7 Å². The Balaban J connectivity index is 1.95. The first kappa shape index (κ1) is 15.0. The molecule has 1 N–H and O–H groups in total. The summed E-state index contributed by atoms with van der Waals surface area (Å²) in [5.41, 5.74) is 4.45. The molecule has 2 nitrogen and oxygen atoms in total. The predicted octanol–water partition coefficient (Wildman–Crippen LogP) is 4.39. The van der Waals surface area contributed by atoms with Crippen LogP contribution in [-0.2, 0) is 12.8 Å². The van der Waals surface area contributed by atoms with Gasteiger partial charge < -0.3 is 5.11 Å². The molecule has 0 aliphatic carbocycles.